The Labute approximate surface area is 126 Å². The van der Waals surface area contributed by atoms with Crippen LogP contribution in [-0.2, 0) is 10.2 Å². The minimum Gasteiger partial charge on any atom is -0.444 e. The number of anilines is 1. The van der Waals surface area contributed by atoms with Crippen molar-refractivity contribution in [2.75, 3.05) is 5.32 Å². The van der Waals surface area contributed by atoms with Gasteiger partial charge in [0.05, 0.1) is 0 Å². The van der Waals surface area contributed by atoms with E-state index in [1.807, 2.05) is 39.0 Å². The lowest BCUT2D eigenvalue weighted by Gasteiger charge is -2.24. The van der Waals surface area contributed by atoms with Crippen molar-refractivity contribution >= 4 is 11.8 Å². The number of rotatable bonds is 3. The predicted octanol–water partition coefficient (Wildman–Crippen LogP) is 3.56. The van der Waals surface area contributed by atoms with Gasteiger partial charge in [-0.3, -0.25) is 5.32 Å². The molecule has 0 radical (unpaired) electrons. The van der Waals surface area contributed by atoms with Gasteiger partial charge >= 0.3 is 6.09 Å². The topological polar surface area (TPSA) is 64.3 Å². The summed E-state index contributed by atoms with van der Waals surface area (Å²) in [6, 6.07) is 8.04. The summed E-state index contributed by atoms with van der Waals surface area (Å²) in [4.78, 5) is 11.9. The van der Waals surface area contributed by atoms with Gasteiger partial charge < -0.3 is 10.5 Å². The summed E-state index contributed by atoms with van der Waals surface area (Å²) in [5.74, 6) is 0. The second kappa shape index (κ2) is 4.47. The molecule has 0 bridgehead atoms. The van der Waals surface area contributed by atoms with Crippen LogP contribution in [0.4, 0.5) is 10.5 Å². The molecule has 2 fully saturated rings. The zero-order chi connectivity index (χ0) is 15.3. The molecule has 2 aliphatic carbocycles. The summed E-state index contributed by atoms with van der Waals surface area (Å²) >= 11 is 0. The molecule has 1 aromatic rings. The van der Waals surface area contributed by atoms with E-state index in [9.17, 15) is 4.79 Å². The van der Waals surface area contributed by atoms with Gasteiger partial charge in [0.15, 0.2) is 0 Å². The lowest BCUT2D eigenvalue weighted by Crippen LogP contribution is -2.37. The zero-order valence-electron chi connectivity index (χ0n) is 13.0. The summed E-state index contributed by atoms with van der Waals surface area (Å²) in [6.45, 7) is 5.56. The molecule has 4 nitrogen and oxygen atoms in total. The second-order valence-corrected chi connectivity index (χ2v) is 7.45. The summed E-state index contributed by atoms with van der Waals surface area (Å²) in [5.41, 5.74) is 8.09. The third-order valence-corrected chi connectivity index (χ3v) is 4.55. The van der Waals surface area contributed by atoms with Crippen molar-refractivity contribution in [3.63, 3.8) is 0 Å². The highest BCUT2D eigenvalue weighted by Crippen LogP contribution is 2.63. The quantitative estimate of drug-likeness (QED) is 0.894. The van der Waals surface area contributed by atoms with Crippen LogP contribution >= 0.6 is 0 Å². The number of hydrogen-bond donors (Lipinski definition) is 2. The smallest absolute Gasteiger partial charge is 0.412 e. The van der Waals surface area contributed by atoms with E-state index in [0.29, 0.717) is 0 Å². The predicted molar refractivity (Wildman–Crippen MR) is 83.4 cm³/mol. The lowest BCUT2D eigenvalue weighted by atomic mass is 9.86. The zero-order valence-corrected chi connectivity index (χ0v) is 13.0. The van der Waals surface area contributed by atoms with Crippen LogP contribution in [0.25, 0.3) is 0 Å². The molecular weight excluding hydrogens is 264 g/mol. The number of amides is 1. The number of hydrogen-bond acceptors (Lipinski definition) is 3. The van der Waals surface area contributed by atoms with Gasteiger partial charge in [-0.1, -0.05) is 12.1 Å². The number of benzene rings is 1. The second-order valence-electron chi connectivity index (χ2n) is 7.45. The van der Waals surface area contributed by atoms with Crippen molar-refractivity contribution in [1.82, 2.24) is 0 Å². The van der Waals surface area contributed by atoms with Crippen molar-refractivity contribution in [3.8, 4) is 0 Å². The molecule has 3 rings (SSSR count). The molecule has 0 heterocycles. The van der Waals surface area contributed by atoms with Crippen LogP contribution in [0.5, 0.6) is 0 Å². The standard InChI is InChI=1S/C17H24N2O2/c1-15(2,3)21-14(20)19-13-6-4-5-12(11-13)16(7-8-16)17(18)9-10-17/h4-6,11H,7-10,18H2,1-3H3,(H,19,20). The Morgan fingerprint density at radius 2 is 1.90 bits per heavy atom. The molecule has 0 aromatic heterocycles. The summed E-state index contributed by atoms with van der Waals surface area (Å²) in [7, 11) is 0. The first kappa shape index (κ1) is 14.4. The van der Waals surface area contributed by atoms with Crippen LogP contribution in [0.3, 0.4) is 0 Å². The molecule has 0 aliphatic heterocycles. The van der Waals surface area contributed by atoms with Gasteiger partial charge in [0.25, 0.3) is 0 Å². The Bertz CT molecular complexity index is 566. The van der Waals surface area contributed by atoms with Gasteiger partial charge in [0, 0.05) is 16.6 Å². The van der Waals surface area contributed by atoms with Crippen LogP contribution in [0, 0.1) is 0 Å². The molecule has 4 heteroatoms. The third-order valence-electron chi connectivity index (χ3n) is 4.55. The van der Waals surface area contributed by atoms with E-state index >= 15 is 0 Å². The average Bonchev–Trinajstić information content (AvgIpc) is 3.21. The van der Waals surface area contributed by atoms with E-state index in [1.54, 1.807) is 0 Å². The Morgan fingerprint density at radius 1 is 1.24 bits per heavy atom. The van der Waals surface area contributed by atoms with E-state index in [0.717, 1.165) is 31.4 Å². The Morgan fingerprint density at radius 3 is 2.43 bits per heavy atom. The van der Waals surface area contributed by atoms with Gasteiger partial charge in [-0.15, -0.1) is 0 Å². The van der Waals surface area contributed by atoms with Crippen LogP contribution in [0.1, 0.15) is 52.0 Å². The molecule has 0 spiro atoms. The Kier molecular flexibility index (Phi) is 3.06. The first-order valence-corrected chi connectivity index (χ1v) is 7.64. The number of nitrogens with one attached hydrogen (secondary N) is 1. The fourth-order valence-electron chi connectivity index (χ4n) is 3.13. The van der Waals surface area contributed by atoms with Crippen molar-refractivity contribution in [2.45, 2.75) is 63.0 Å². The van der Waals surface area contributed by atoms with E-state index in [1.165, 1.54) is 5.56 Å². The van der Waals surface area contributed by atoms with Crippen molar-refractivity contribution < 1.29 is 9.53 Å². The number of carbonyl (C=O) groups is 1. The maximum absolute atomic E-state index is 11.9. The Hall–Kier alpha value is -1.55. The van der Waals surface area contributed by atoms with Gasteiger partial charge in [-0.25, -0.2) is 4.79 Å². The highest BCUT2D eigenvalue weighted by molar-refractivity contribution is 5.85. The molecule has 0 unspecified atom stereocenters. The van der Waals surface area contributed by atoms with E-state index < -0.39 is 11.7 Å². The van der Waals surface area contributed by atoms with Crippen molar-refractivity contribution in [3.05, 3.63) is 29.8 Å². The molecule has 114 valence electrons. The summed E-state index contributed by atoms with van der Waals surface area (Å²) in [5, 5.41) is 2.81. The molecule has 21 heavy (non-hydrogen) atoms. The Balaban J connectivity index is 1.74. The molecule has 2 saturated carbocycles. The minimum absolute atomic E-state index is 0.0163. The third kappa shape index (κ3) is 2.77. The minimum atomic E-state index is -0.491. The van der Waals surface area contributed by atoms with Crippen LogP contribution in [0.15, 0.2) is 24.3 Å². The van der Waals surface area contributed by atoms with Gasteiger partial charge in [0.1, 0.15) is 5.60 Å². The number of nitrogens with two attached hydrogens (primary N) is 1. The lowest BCUT2D eigenvalue weighted by molar-refractivity contribution is 0.0636. The SMILES string of the molecule is CC(C)(C)OC(=O)Nc1cccc(C2(C3(N)CC3)CC2)c1. The van der Waals surface area contributed by atoms with E-state index in [-0.39, 0.29) is 11.0 Å². The highest BCUT2D eigenvalue weighted by Gasteiger charge is 2.63. The monoisotopic (exact) mass is 288 g/mol. The molecule has 2 aliphatic rings. The fraction of sp³-hybridized carbons (Fsp3) is 0.588. The van der Waals surface area contributed by atoms with Gasteiger partial charge in [-0.05, 0) is 64.2 Å². The normalized spacial score (nSPS) is 21.5. The maximum atomic E-state index is 11.9. The van der Waals surface area contributed by atoms with Crippen LogP contribution in [-0.4, -0.2) is 17.2 Å². The first-order valence-electron chi connectivity index (χ1n) is 7.64. The van der Waals surface area contributed by atoms with Crippen molar-refractivity contribution in [1.29, 1.82) is 0 Å². The molecule has 0 atom stereocenters. The highest BCUT2D eigenvalue weighted by atomic mass is 16.6. The van der Waals surface area contributed by atoms with Crippen LogP contribution < -0.4 is 11.1 Å². The van der Waals surface area contributed by atoms with E-state index in [2.05, 4.69) is 11.4 Å². The molecule has 1 aromatic carbocycles. The summed E-state index contributed by atoms with van der Waals surface area (Å²) < 4.78 is 5.29. The van der Waals surface area contributed by atoms with Crippen molar-refractivity contribution in [2.24, 2.45) is 5.73 Å². The van der Waals surface area contributed by atoms with Gasteiger partial charge in [0.2, 0.25) is 0 Å². The number of ether oxygens (including phenoxy) is 1. The number of carbonyl (C=O) groups excluding carboxylic acids is 1. The summed E-state index contributed by atoms with van der Waals surface area (Å²) in [6.07, 6.45) is 4.10. The largest absolute Gasteiger partial charge is 0.444 e. The first-order chi connectivity index (χ1) is 9.74. The molecular formula is C17H24N2O2. The molecule has 3 N–H and O–H groups in total. The van der Waals surface area contributed by atoms with E-state index in [4.69, 9.17) is 10.5 Å². The molecule has 0 saturated heterocycles. The van der Waals surface area contributed by atoms with Gasteiger partial charge in [-0.2, -0.15) is 0 Å². The average molecular weight is 288 g/mol. The van der Waals surface area contributed by atoms with Crippen LogP contribution in [0.2, 0.25) is 0 Å². The molecule has 1 amide bonds. The maximum Gasteiger partial charge on any atom is 0.412 e. The fourth-order valence-corrected chi connectivity index (χ4v) is 3.13.